The Kier molecular flexibility index (Phi) is 4.82. The smallest absolute Gasteiger partial charge is 0.118 e. The molecule has 2 aromatic rings. The maximum absolute atomic E-state index is 6.01. The minimum absolute atomic E-state index is 0.143. The van der Waals surface area contributed by atoms with E-state index in [2.05, 4.69) is 20.6 Å². The average molecular weight is 329 g/mol. The Balaban J connectivity index is 1.32. The summed E-state index contributed by atoms with van der Waals surface area (Å²) in [4.78, 5) is 4.05. The van der Waals surface area contributed by atoms with Crippen LogP contribution in [0.3, 0.4) is 0 Å². The SMILES string of the molecule is c1cc(-c2nnn3c2COC(CNCC2CCOCC2)C3)ccn1. The molecule has 0 aromatic carbocycles. The van der Waals surface area contributed by atoms with Crippen LogP contribution >= 0.6 is 0 Å². The first-order valence-electron chi connectivity index (χ1n) is 8.63. The van der Waals surface area contributed by atoms with E-state index in [0.29, 0.717) is 6.61 Å². The molecule has 0 aliphatic carbocycles. The summed E-state index contributed by atoms with van der Waals surface area (Å²) in [7, 11) is 0. The van der Waals surface area contributed by atoms with Gasteiger partial charge in [0.15, 0.2) is 0 Å². The van der Waals surface area contributed by atoms with Gasteiger partial charge in [-0.1, -0.05) is 5.21 Å². The summed E-state index contributed by atoms with van der Waals surface area (Å²) in [6, 6.07) is 3.90. The normalized spacial score (nSPS) is 21.6. The highest BCUT2D eigenvalue weighted by Crippen LogP contribution is 2.24. The van der Waals surface area contributed by atoms with Crippen molar-refractivity contribution in [1.82, 2.24) is 25.3 Å². The van der Waals surface area contributed by atoms with Crippen LogP contribution in [0.2, 0.25) is 0 Å². The van der Waals surface area contributed by atoms with Gasteiger partial charge in [0.1, 0.15) is 5.69 Å². The molecule has 4 heterocycles. The second-order valence-corrected chi connectivity index (χ2v) is 6.45. The molecule has 24 heavy (non-hydrogen) atoms. The predicted octanol–water partition coefficient (Wildman–Crippen LogP) is 1.26. The zero-order valence-corrected chi connectivity index (χ0v) is 13.7. The van der Waals surface area contributed by atoms with E-state index in [0.717, 1.165) is 68.6 Å². The molecule has 128 valence electrons. The standard InChI is InChI=1S/C17H23N5O2/c1-5-18-6-2-14(1)17-16-12-24-15(11-22(16)21-20-17)10-19-9-13-3-7-23-8-4-13/h1-2,5-6,13,15,19H,3-4,7-12H2. The van der Waals surface area contributed by atoms with Crippen molar-refractivity contribution in [2.24, 2.45) is 5.92 Å². The number of ether oxygens (including phenoxy) is 2. The molecule has 2 aliphatic rings. The predicted molar refractivity (Wildman–Crippen MR) is 88.2 cm³/mol. The second kappa shape index (κ2) is 7.38. The van der Waals surface area contributed by atoms with Crippen LogP contribution in [0.25, 0.3) is 11.3 Å². The van der Waals surface area contributed by atoms with Crippen molar-refractivity contribution < 1.29 is 9.47 Å². The van der Waals surface area contributed by atoms with Crippen molar-refractivity contribution in [3.05, 3.63) is 30.2 Å². The topological polar surface area (TPSA) is 74.1 Å². The largest absolute Gasteiger partial charge is 0.381 e. The third kappa shape index (κ3) is 3.48. The van der Waals surface area contributed by atoms with E-state index in [4.69, 9.17) is 9.47 Å². The third-order valence-electron chi connectivity index (χ3n) is 4.77. The summed E-state index contributed by atoms with van der Waals surface area (Å²) in [5.41, 5.74) is 2.97. The number of hydrogen-bond donors (Lipinski definition) is 1. The molecule has 0 amide bonds. The van der Waals surface area contributed by atoms with Crippen LogP contribution in [0.15, 0.2) is 24.5 Å². The molecule has 1 fully saturated rings. The fourth-order valence-corrected chi connectivity index (χ4v) is 3.32. The Hall–Kier alpha value is -1.83. The van der Waals surface area contributed by atoms with Crippen LogP contribution in [-0.4, -0.2) is 52.4 Å². The first-order valence-corrected chi connectivity index (χ1v) is 8.63. The summed E-state index contributed by atoms with van der Waals surface area (Å²) < 4.78 is 13.4. The highest BCUT2D eigenvalue weighted by molar-refractivity contribution is 5.60. The zero-order valence-electron chi connectivity index (χ0n) is 13.7. The second-order valence-electron chi connectivity index (χ2n) is 6.45. The zero-order chi connectivity index (χ0) is 16.2. The molecule has 7 nitrogen and oxygen atoms in total. The molecule has 2 aromatic heterocycles. The Morgan fingerprint density at radius 3 is 2.83 bits per heavy atom. The highest BCUT2D eigenvalue weighted by atomic mass is 16.5. The van der Waals surface area contributed by atoms with E-state index in [1.165, 1.54) is 0 Å². The Morgan fingerprint density at radius 2 is 2.00 bits per heavy atom. The number of fused-ring (bicyclic) bond motifs is 1. The van der Waals surface area contributed by atoms with Crippen molar-refractivity contribution in [2.75, 3.05) is 26.3 Å². The summed E-state index contributed by atoms with van der Waals surface area (Å²) in [6.07, 6.45) is 5.99. The van der Waals surface area contributed by atoms with Crippen molar-refractivity contribution in [3.8, 4) is 11.3 Å². The molecule has 0 spiro atoms. The molecule has 1 atom stereocenters. The van der Waals surface area contributed by atoms with Gasteiger partial charge in [0.05, 0.1) is 24.9 Å². The highest BCUT2D eigenvalue weighted by Gasteiger charge is 2.24. The summed E-state index contributed by atoms with van der Waals surface area (Å²) in [5.74, 6) is 0.725. The minimum Gasteiger partial charge on any atom is -0.381 e. The molecule has 1 N–H and O–H groups in total. The summed E-state index contributed by atoms with van der Waals surface area (Å²) >= 11 is 0. The van der Waals surface area contributed by atoms with Gasteiger partial charge < -0.3 is 14.8 Å². The molecule has 1 unspecified atom stereocenters. The van der Waals surface area contributed by atoms with Crippen molar-refractivity contribution in [1.29, 1.82) is 0 Å². The van der Waals surface area contributed by atoms with Gasteiger partial charge in [0, 0.05) is 37.7 Å². The first-order chi connectivity index (χ1) is 11.9. The Morgan fingerprint density at radius 1 is 1.17 bits per heavy atom. The molecule has 2 aliphatic heterocycles. The van der Waals surface area contributed by atoms with Gasteiger partial charge >= 0.3 is 0 Å². The quantitative estimate of drug-likeness (QED) is 0.890. The van der Waals surface area contributed by atoms with Crippen molar-refractivity contribution >= 4 is 0 Å². The lowest BCUT2D eigenvalue weighted by atomic mass is 10.0. The van der Waals surface area contributed by atoms with Crippen LogP contribution in [0.5, 0.6) is 0 Å². The van der Waals surface area contributed by atoms with E-state index >= 15 is 0 Å². The number of hydrogen-bond acceptors (Lipinski definition) is 6. The molecule has 0 bridgehead atoms. The van der Waals surface area contributed by atoms with Gasteiger partial charge in [0.2, 0.25) is 0 Å². The van der Waals surface area contributed by atoms with Crippen LogP contribution in [-0.2, 0) is 22.6 Å². The number of pyridine rings is 1. The van der Waals surface area contributed by atoms with Gasteiger partial charge in [-0.25, -0.2) is 4.68 Å². The van der Waals surface area contributed by atoms with Crippen LogP contribution in [0.4, 0.5) is 0 Å². The van der Waals surface area contributed by atoms with Crippen LogP contribution in [0.1, 0.15) is 18.5 Å². The average Bonchev–Trinajstić information content (AvgIpc) is 3.07. The molecule has 7 heteroatoms. The minimum atomic E-state index is 0.143. The van der Waals surface area contributed by atoms with Crippen LogP contribution < -0.4 is 5.32 Å². The molecule has 4 rings (SSSR count). The van der Waals surface area contributed by atoms with E-state index in [1.807, 2.05) is 16.8 Å². The van der Waals surface area contributed by atoms with Gasteiger partial charge in [-0.2, -0.15) is 0 Å². The summed E-state index contributed by atoms with van der Waals surface area (Å²) in [5, 5.41) is 12.2. The van der Waals surface area contributed by atoms with Gasteiger partial charge in [-0.15, -0.1) is 5.10 Å². The molecule has 0 radical (unpaired) electrons. The van der Waals surface area contributed by atoms with E-state index in [-0.39, 0.29) is 6.10 Å². The fourth-order valence-electron chi connectivity index (χ4n) is 3.32. The van der Waals surface area contributed by atoms with Gasteiger partial charge in [-0.05, 0) is 37.4 Å². The molecular weight excluding hydrogens is 306 g/mol. The lowest BCUT2D eigenvalue weighted by molar-refractivity contribution is -0.000188. The number of rotatable bonds is 5. The maximum atomic E-state index is 6.01. The van der Waals surface area contributed by atoms with E-state index in [1.54, 1.807) is 12.4 Å². The molecular formula is C17H23N5O2. The fraction of sp³-hybridized carbons (Fsp3) is 0.588. The Labute approximate surface area is 141 Å². The van der Waals surface area contributed by atoms with Crippen LogP contribution in [0, 0.1) is 5.92 Å². The molecule has 0 saturated carbocycles. The first kappa shape index (κ1) is 15.7. The third-order valence-corrected chi connectivity index (χ3v) is 4.77. The Bertz CT molecular complexity index is 654. The number of aromatic nitrogens is 4. The molecule has 1 saturated heterocycles. The summed E-state index contributed by atoms with van der Waals surface area (Å²) in [6.45, 7) is 4.97. The monoisotopic (exact) mass is 329 g/mol. The van der Waals surface area contributed by atoms with Gasteiger partial charge in [-0.3, -0.25) is 4.98 Å². The lowest BCUT2D eigenvalue weighted by Crippen LogP contribution is -2.39. The maximum Gasteiger partial charge on any atom is 0.118 e. The number of nitrogens with zero attached hydrogens (tertiary/aromatic N) is 4. The van der Waals surface area contributed by atoms with Crippen molar-refractivity contribution in [3.63, 3.8) is 0 Å². The lowest BCUT2D eigenvalue weighted by Gasteiger charge is -2.26. The van der Waals surface area contributed by atoms with E-state index < -0.39 is 0 Å². The van der Waals surface area contributed by atoms with E-state index in [9.17, 15) is 0 Å². The number of nitrogens with one attached hydrogen (secondary N) is 1. The van der Waals surface area contributed by atoms with Gasteiger partial charge in [0.25, 0.3) is 0 Å². The van der Waals surface area contributed by atoms with Crippen molar-refractivity contribution in [2.45, 2.75) is 32.1 Å².